The molecule has 3 N–H and O–H groups in total. The minimum atomic E-state index is -4.28. The molecule has 0 bridgehead atoms. The first-order valence-corrected chi connectivity index (χ1v) is 10.1. The van der Waals surface area contributed by atoms with Crippen LogP contribution in [0.1, 0.15) is 6.92 Å². The Balaban J connectivity index is 2.43. The van der Waals surface area contributed by atoms with Crippen molar-refractivity contribution in [2.75, 3.05) is 33.8 Å². The van der Waals surface area contributed by atoms with Crippen molar-refractivity contribution >= 4 is 21.7 Å². The number of anilines is 1. The maximum Gasteiger partial charge on any atom is 0.339 e. The van der Waals surface area contributed by atoms with E-state index in [1.165, 1.54) is 65.7 Å². The largest absolute Gasteiger partial charge is 0.495 e. The van der Waals surface area contributed by atoms with Gasteiger partial charge in [-0.1, -0.05) is 0 Å². The van der Waals surface area contributed by atoms with E-state index in [1.807, 2.05) is 0 Å². The van der Waals surface area contributed by atoms with Gasteiger partial charge >= 0.3 is 10.1 Å². The van der Waals surface area contributed by atoms with Gasteiger partial charge in [0.15, 0.2) is 17.2 Å². The van der Waals surface area contributed by atoms with Crippen LogP contribution in [0.5, 0.6) is 28.7 Å². The minimum absolute atomic E-state index is 0.0542. The number of methoxy groups -OCH3 is 4. The second-order valence-corrected chi connectivity index (χ2v) is 7.58. The molecule has 0 radical (unpaired) electrons. The fourth-order valence-corrected chi connectivity index (χ4v) is 3.41. The van der Waals surface area contributed by atoms with Gasteiger partial charge in [0.2, 0.25) is 11.7 Å². The lowest BCUT2D eigenvalue weighted by Gasteiger charge is -2.16. The molecular weight excluding hydrogens is 416 g/mol. The zero-order valence-corrected chi connectivity index (χ0v) is 18.0. The molecule has 0 aromatic heterocycles. The van der Waals surface area contributed by atoms with Gasteiger partial charge in [-0.2, -0.15) is 8.42 Å². The lowest BCUT2D eigenvalue weighted by Crippen LogP contribution is -2.32. The van der Waals surface area contributed by atoms with Crippen LogP contribution in [0, 0.1) is 0 Å². The van der Waals surface area contributed by atoms with Crippen molar-refractivity contribution in [1.82, 2.24) is 0 Å². The molecule has 1 atom stereocenters. The number of nitrogens with two attached hydrogens (primary N) is 1. The Hall–Kier alpha value is -3.18. The highest BCUT2D eigenvalue weighted by Crippen LogP contribution is 2.41. The Morgan fingerprint density at radius 1 is 0.933 bits per heavy atom. The van der Waals surface area contributed by atoms with Gasteiger partial charge in [0.25, 0.3) is 0 Å². The summed E-state index contributed by atoms with van der Waals surface area (Å²) >= 11 is 0. The molecule has 2 aromatic carbocycles. The van der Waals surface area contributed by atoms with Crippen molar-refractivity contribution < 1.29 is 36.3 Å². The van der Waals surface area contributed by atoms with Crippen molar-refractivity contribution in [1.29, 1.82) is 0 Å². The second kappa shape index (κ2) is 9.55. The SMILES string of the molecule is COc1ccc(S(=O)(=O)Oc2cc(OC)c(OC)c(OC)c2)cc1NC(=O)[C@@H](C)N. The van der Waals surface area contributed by atoms with Crippen molar-refractivity contribution in [3.05, 3.63) is 30.3 Å². The molecule has 0 saturated carbocycles. The number of nitrogens with one attached hydrogen (secondary N) is 1. The summed E-state index contributed by atoms with van der Waals surface area (Å²) in [6.07, 6.45) is 0. The minimum Gasteiger partial charge on any atom is -0.495 e. The van der Waals surface area contributed by atoms with Gasteiger partial charge in [0, 0.05) is 12.1 Å². The van der Waals surface area contributed by atoms with Gasteiger partial charge in [-0.3, -0.25) is 4.79 Å². The first-order valence-electron chi connectivity index (χ1n) is 8.65. The van der Waals surface area contributed by atoms with Crippen LogP contribution < -0.4 is 34.2 Å². The van der Waals surface area contributed by atoms with Gasteiger partial charge in [-0.05, 0) is 25.1 Å². The van der Waals surface area contributed by atoms with Crippen molar-refractivity contribution in [3.63, 3.8) is 0 Å². The summed E-state index contributed by atoms with van der Waals surface area (Å²) in [4.78, 5) is 11.7. The number of amides is 1. The molecule has 10 nitrogen and oxygen atoms in total. The summed E-state index contributed by atoms with van der Waals surface area (Å²) in [6.45, 7) is 1.50. The van der Waals surface area contributed by atoms with Crippen LogP contribution in [0.4, 0.5) is 5.69 Å². The Kier molecular flexibility index (Phi) is 7.35. The highest BCUT2D eigenvalue weighted by atomic mass is 32.2. The average molecular weight is 440 g/mol. The van der Waals surface area contributed by atoms with Crippen LogP contribution in [0.25, 0.3) is 0 Å². The predicted octanol–water partition coefficient (Wildman–Crippen LogP) is 1.77. The zero-order chi connectivity index (χ0) is 22.5. The van der Waals surface area contributed by atoms with Gasteiger partial charge in [-0.15, -0.1) is 0 Å². The molecule has 1 amide bonds. The number of carbonyl (C=O) groups is 1. The molecule has 0 fully saturated rings. The fourth-order valence-electron chi connectivity index (χ4n) is 2.47. The summed E-state index contributed by atoms with van der Waals surface area (Å²) in [6, 6.07) is 5.79. The molecule has 11 heteroatoms. The number of hydrogen-bond acceptors (Lipinski definition) is 9. The standard InChI is InChI=1S/C19H24N2O8S/c1-11(20)19(22)21-14-10-13(6-7-15(14)25-2)30(23,24)29-12-8-16(26-3)18(28-5)17(9-12)27-4/h6-11H,20H2,1-5H3,(H,21,22)/t11-/m1/s1. The Morgan fingerprint density at radius 3 is 1.97 bits per heavy atom. The van der Waals surface area contributed by atoms with E-state index in [4.69, 9.17) is 28.9 Å². The lowest BCUT2D eigenvalue weighted by atomic mass is 10.2. The van der Waals surface area contributed by atoms with Crippen LogP contribution in [0.3, 0.4) is 0 Å². The Labute approximate surface area is 174 Å². The van der Waals surface area contributed by atoms with Gasteiger partial charge in [0.1, 0.15) is 10.6 Å². The molecule has 0 aliphatic heterocycles. The summed E-state index contributed by atoms with van der Waals surface area (Å²) in [5.74, 6) is 0.434. The molecule has 0 aliphatic carbocycles. The number of hydrogen-bond donors (Lipinski definition) is 2. The Morgan fingerprint density at radius 2 is 1.50 bits per heavy atom. The third-order valence-corrected chi connectivity index (χ3v) is 5.22. The van der Waals surface area contributed by atoms with Gasteiger partial charge in [0.05, 0.1) is 40.2 Å². The maximum absolute atomic E-state index is 12.8. The monoisotopic (exact) mass is 440 g/mol. The second-order valence-electron chi connectivity index (χ2n) is 6.04. The van der Waals surface area contributed by atoms with Crippen LogP contribution in [0.2, 0.25) is 0 Å². The maximum atomic E-state index is 12.8. The quantitative estimate of drug-likeness (QED) is 0.559. The van der Waals surface area contributed by atoms with Crippen LogP contribution in [-0.4, -0.2) is 48.8 Å². The van der Waals surface area contributed by atoms with Gasteiger partial charge in [-0.25, -0.2) is 0 Å². The molecule has 0 heterocycles. The third-order valence-electron chi connectivity index (χ3n) is 3.98. The van der Waals surface area contributed by atoms with E-state index in [-0.39, 0.29) is 39.3 Å². The van der Waals surface area contributed by atoms with Gasteiger partial charge < -0.3 is 34.2 Å². The molecule has 0 unspecified atom stereocenters. The first-order chi connectivity index (χ1) is 14.2. The normalized spacial score (nSPS) is 11.9. The summed E-state index contributed by atoms with van der Waals surface area (Å²) in [5, 5.41) is 2.52. The lowest BCUT2D eigenvalue weighted by molar-refractivity contribution is -0.117. The third kappa shape index (κ3) is 5.05. The Bertz CT molecular complexity index is 996. The predicted molar refractivity (Wildman–Crippen MR) is 109 cm³/mol. The van der Waals surface area contributed by atoms with E-state index in [0.717, 1.165) is 0 Å². The number of rotatable bonds is 9. The molecule has 164 valence electrons. The molecule has 2 aromatic rings. The molecule has 30 heavy (non-hydrogen) atoms. The van der Waals surface area contributed by atoms with E-state index in [9.17, 15) is 13.2 Å². The average Bonchev–Trinajstić information content (AvgIpc) is 2.72. The van der Waals surface area contributed by atoms with Crippen molar-refractivity contribution in [2.45, 2.75) is 17.9 Å². The van der Waals surface area contributed by atoms with Crippen LogP contribution in [-0.2, 0) is 14.9 Å². The smallest absolute Gasteiger partial charge is 0.339 e. The first kappa shape index (κ1) is 23.1. The molecular formula is C19H24N2O8S. The zero-order valence-electron chi connectivity index (χ0n) is 17.2. The summed E-state index contributed by atoms with van der Waals surface area (Å²) < 4.78 is 51.6. The molecule has 2 rings (SSSR count). The van der Waals surface area contributed by atoms with E-state index >= 15 is 0 Å². The van der Waals surface area contributed by atoms with E-state index in [2.05, 4.69) is 5.32 Å². The van der Waals surface area contributed by atoms with Crippen molar-refractivity contribution in [3.8, 4) is 28.7 Å². The van der Waals surface area contributed by atoms with E-state index in [0.29, 0.717) is 0 Å². The molecule has 0 saturated heterocycles. The number of benzene rings is 2. The van der Waals surface area contributed by atoms with Crippen LogP contribution >= 0.6 is 0 Å². The van der Waals surface area contributed by atoms with E-state index < -0.39 is 22.1 Å². The number of carbonyl (C=O) groups excluding carboxylic acids is 1. The van der Waals surface area contributed by atoms with Crippen molar-refractivity contribution in [2.24, 2.45) is 5.73 Å². The molecule has 0 spiro atoms. The fraction of sp³-hybridized carbons (Fsp3) is 0.316. The number of ether oxygens (including phenoxy) is 4. The van der Waals surface area contributed by atoms with E-state index in [1.54, 1.807) is 0 Å². The van der Waals surface area contributed by atoms with Crippen LogP contribution in [0.15, 0.2) is 35.2 Å². The summed E-state index contributed by atoms with van der Waals surface area (Å²) in [5.41, 5.74) is 5.68. The topological polar surface area (TPSA) is 135 Å². The molecule has 0 aliphatic rings. The summed E-state index contributed by atoms with van der Waals surface area (Å²) in [7, 11) is 1.32. The highest BCUT2D eigenvalue weighted by Gasteiger charge is 2.23. The highest BCUT2D eigenvalue weighted by molar-refractivity contribution is 7.87.